The van der Waals surface area contributed by atoms with E-state index in [4.69, 9.17) is 16.7 Å². The van der Waals surface area contributed by atoms with Gasteiger partial charge in [0.25, 0.3) is 0 Å². The van der Waals surface area contributed by atoms with Crippen LogP contribution in [0.1, 0.15) is 23.3 Å². The molecule has 0 spiro atoms. The van der Waals surface area contributed by atoms with E-state index >= 15 is 0 Å². The molecule has 0 aromatic carbocycles. The Morgan fingerprint density at radius 2 is 2.18 bits per heavy atom. The molecule has 0 saturated carbocycles. The van der Waals surface area contributed by atoms with Crippen LogP contribution in [0.3, 0.4) is 0 Å². The van der Waals surface area contributed by atoms with Crippen molar-refractivity contribution in [3.8, 4) is 0 Å². The highest BCUT2D eigenvalue weighted by atomic mass is 35.5. The van der Waals surface area contributed by atoms with Gasteiger partial charge in [0.15, 0.2) is 0 Å². The summed E-state index contributed by atoms with van der Waals surface area (Å²) < 4.78 is 1.76. The number of aromatic nitrogens is 1. The van der Waals surface area contributed by atoms with E-state index in [1.165, 1.54) is 6.07 Å². The van der Waals surface area contributed by atoms with Crippen molar-refractivity contribution in [2.75, 3.05) is 20.1 Å². The summed E-state index contributed by atoms with van der Waals surface area (Å²) in [5, 5.41) is 9.56. The lowest BCUT2D eigenvalue weighted by Crippen LogP contribution is -2.32. The number of carbonyl (C=O) groups is 1. The third-order valence-electron chi connectivity index (χ3n) is 3.38. The van der Waals surface area contributed by atoms with Crippen molar-refractivity contribution in [2.45, 2.75) is 19.4 Å². The average molecular weight is 257 g/mol. The second-order valence-corrected chi connectivity index (χ2v) is 5.18. The molecule has 5 heteroatoms. The number of rotatable bonds is 3. The molecule has 94 valence electrons. The first-order valence-electron chi connectivity index (χ1n) is 5.84. The van der Waals surface area contributed by atoms with Crippen LogP contribution >= 0.6 is 11.6 Å². The van der Waals surface area contributed by atoms with Crippen LogP contribution < -0.4 is 0 Å². The summed E-state index contributed by atoms with van der Waals surface area (Å²) in [7, 11) is 2.12. The Labute approximate surface area is 106 Å². The zero-order valence-corrected chi connectivity index (χ0v) is 10.7. The van der Waals surface area contributed by atoms with Crippen molar-refractivity contribution in [1.29, 1.82) is 0 Å². The highest BCUT2D eigenvalue weighted by Gasteiger charge is 2.19. The molecule has 17 heavy (non-hydrogen) atoms. The molecule has 0 aliphatic carbocycles. The normalized spacial score (nSPS) is 18.5. The second-order valence-electron chi connectivity index (χ2n) is 4.75. The van der Waals surface area contributed by atoms with E-state index in [1.54, 1.807) is 10.8 Å². The van der Waals surface area contributed by atoms with Crippen LogP contribution in [-0.2, 0) is 6.54 Å². The van der Waals surface area contributed by atoms with Gasteiger partial charge in [-0.25, -0.2) is 4.79 Å². The Balaban J connectivity index is 2.05. The fourth-order valence-corrected chi connectivity index (χ4v) is 2.55. The van der Waals surface area contributed by atoms with Crippen molar-refractivity contribution in [2.24, 2.45) is 5.92 Å². The summed E-state index contributed by atoms with van der Waals surface area (Å²) in [5.74, 6) is -0.363. The van der Waals surface area contributed by atoms with Crippen molar-refractivity contribution < 1.29 is 9.90 Å². The lowest BCUT2D eigenvalue weighted by atomic mass is 9.97. The van der Waals surface area contributed by atoms with Crippen molar-refractivity contribution >= 4 is 17.6 Å². The Bertz CT molecular complexity index is 409. The maximum absolute atomic E-state index is 11.0. The molecule has 0 radical (unpaired) electrons. The molecule has 1 aliphatic heterocycles. The first kappa shape index (κ1) is 12.5. The molecule has 1 aromatic heterocycles. The molecule has 1 fully saturated rings. The van der Waals surface area contributed by atoms with Gasteiger partial charge in [-0.05, 0) is 45.0 Å². The predicted molar refractivity (Wildman–Crippen MR) is 66.6 cm³/mol. The first-order chi connectivity index (χ1) is 8.06. The average Bonchev–Trinajstić information content (AvgIpc) is 2.63. The standard InChI is InChI=1S/C12H17ClN2O2/c1-14-4-2-9(3-5-14)7-15-8-10(13)6-11(15)12(16)17/h6,8-9H,2-5,7H2,1H3,(H,16,17). The second kappa shape index (κ2) is 5.10. The number of likely N-dealkylation sites (tertiary alicyclic amines) is 1. The molecule has 1 aliphatic rings. The van der Waals surface area contributed by atoms with Gasteiger partial charge < -0.3 is 14.6 Å². The molecule has 1 N–H and O–H groups in total. The summed E-state index contributed by atoms with van der Waals surface area (Å²) in [6, 6.07) is 1.51. The van der Waals surface area contributed by atoms with Gasteiger partial charge in [-0.15, -0.1) is 0 Å². The van der Waals surface area contributed by atoms with Crippen LogP contribution in [0.15, 0.2) is 12.3 Å². The van der Waals surface area contributed by atoms with Gasteiger partial charge in [0, 0.05) is 12.7 Å². The van der Waals surface area contributed by atoms with E-state index in [0.717, 1.165) is 32.5 Å². The third kappa shape index (κ3) is 3.01. The van der Waals surface area contributed by atoms with Gasteiger partial charge in [-0.3, -0.25) is 0 Å². The van der Waals surface area contributed by atoms with Crippen LogP contribution in [0.2, 0.25) is 5.02 Å². The topological polar surface area (TPSA) is 45.5 Å². The number of hydrogen-bond donors (Lipinski definition) is 1. The van der Waals surface area contributed by atoms with Gasteiger partial charge in [0.2, 0.25) is 0 Å². The number of carboxylic acids is 1. The molecule has 0 atom stereocenters. The maximum Gasteiger partial charge on any atom is 0.352 e. The quantitative estimate of drug-likeness (QED) is 0.902. The maximum atomic E-state index is 11.0. The zero-order valence-electron chi connectivity index (χ0n) is 9.90. The van der Waals surface area contributed by atoms with Crippen molar-refractivity contribution in [3.63, 3.8) is 0 Å². The monoisotopic (exact) mass is 256 g/mol. The number of carboxylic acid groups (broad SMARTS) is 1. The lowest BCUT2D eigenvalue weighted by Gasteiger charge is -2.29. The predicted octanol–water partition coefficient (Wildman–Crippen LogP) is 2.18. The largest absolute Gasteiger partial charge is 0.477 e. The number of aromatic carboxylic acids is 1. The minimum absolute atomic E-state index is 0.286. The summed E-state index contributed by atoms with van der Waals surface area (Å²) in [5.41, 5.74) is 0.286. The van der Waals surface area contributed by atoms with Gasteiger partial charge >= 0.3 is 5.97 Å². The van der Waals surface area contributed by atoms with E-state index in [-0.39, 0.29) is 5.69 Å². The first-order valence-corrected chi connectivity index (χ1v) is 6.21. The van der Waals surface area contributed by atoms with E-state index in [1.807, 2.05) is 0 Å². The molecule has 1 aromatic rings. The number of piperidine rings is 1. The molecular weight excluding hydrogens is 240 g/mol. The highest BCUT2D eigenvalue weighted by molar-refractivity contribution is 6.30. The smallest absolute Gasteiger partial charge is 0.352 e. The molecular formula is C12H17ClN2O2. The molecule has 2 rings (SSSR count). The van der Waals surface area contributed by atoms with Crippen LogP contribution in [0, 0.1) is 5.92 Å². The zero-order chi connectivity index (χ0) is 12.4. The Morgan fingerprint density at radius 1 is 1.53 bits per heavy atom. The minimum atomic E-state index is -0.912. The molecule has 2 heterocycles. The fraction of sp³-hybridized carbons (Fsp3) is 0.583. The SMILES string of the molecule is CN1CCC(Cn2cc(Cl)cc2C(=O)O)CC1. The van der Waals surface area contributed by atoms with E-state index in [9.17, 15) is 4.79 Å². The summed E-state index contributed by atoms with van der Waals surface area (Å²) in [6.07, 6.45) is 3.94. The van der Waals surface area contributed by atoms with E-state index in [0.29, 0.717) is 10.9 Å². The van der Waals surface area contributed by atoms with Crippen LogP contribution in [-0.4, -0.2) is 40.7 Å². The Morgan fingerprint density at radius 3 is 2.76 bits per heavy atom. The fourth-order valence-electron chi connectivity index (χ4n) is 2.33. The van der Waals surface area contributed by atoms with Gasteiger partial charge in [-0.1, -0.05) is 11.6 Å². The van der Waals surface area contributed by atoms with E-state index in [2.05, 4.69) is 11.9 Å². The number of hydrogen-bond acceptors (Lipinski definition) is 2. The summed E-state index contributed by atoms with van der Waals surface area (Å²) >= 11 is 5.86. The van der Waals surface area contributed by atoms with E-state index < -0.39 is 5.97 Å². The van der Waals surface area contributed by atoms with Crippen molar-refractivity contribution in [3.05, 3.63) is 23.0 Å². The Kier molecular flexibility index (Phi) is 3.74. The molecule has 0 amide bonds. The highest BCUT2D eigenvalue weighted by Crippen LogP contribution is 2.21. The van der Waals surface area contributed by atoms with Gasteiger partial charge in [0.05, 0.1) is 5.02 Å². The number of halogens is 1. The van der Waals surface area contributed by atoms with Crippen LogP contribution in [0.4, 0.5) is 0 Å². The third-order valence-corrected chi connectivity index (χ3v) is 3.58. The van der Waals surface area contributed by atoms with Crippen LogP contribution in [0.25, 0.3) is 0 Å². The summed E-state index contributed by atoms with van der Waals surface area (Å²) in [4.78, 5) is 13.3. The molecule has 0 bridgehead atoms. The van der Waals surface area contributed by atoms with Crippen LogP contribution in [0.5, 0.6) is 0 Å². The number of nitrogens with zero attached hydrogens (tertiary/aromatic N) is 2. The van der Waals surface area contributed by atoms with Gasteiger partial charge in [0.1, 0.15) is 5.69 Å². The molecule has 4 nitrogen and oxygen atoms in total. The van der Waals surface area contributed by atoms with Gasteiger partial charge in [-0.2, -0.15) is 0 Å². The lowest BCUT2D eigenvalue weighted by molar-refractivity contribution is 0.0682. The van der Waals surface area contributed by atoms with Crippen molar-refractivity contribution in [1.82, 2.24) is 9.47 Å². The Hall–Kier alpha value is -1.00. The minimum Gasteiger partial charge on any atom is -0.477 e. The molecule has 1 saturated heterocycles. The summed E-state index contributed by atoms with van der Waals surface area (Å²) in [6.45, 7) is 2.92. The molecule has 0 unspecified atom stereocenters.